The van der Waals surface area contributed by atoms with Crippen molar-refractivity contribution in [1.29, 1.82) is 0 Å². The Morgan fingerprint density at radius 1 is 1.33 bits per heavy atom. The second-order valence-electron chi connectivity index (χ2n) is 4.54. The van der Waals surface area contributed by atoms with Crippen LogP contribution < -0.4 is 0 Å². The lowest BCUT2D eigenvalue weighted by Gasteiger charge is -2.20. The molecule has 0 bridgehead atoms. The van der Waals surface area contributed by atoms with Gasteiger partial charge in [0, 0.05) is 25.1 Å². The van der Waals surface area contributed by atoms with Crippen molar-refractivity contribution in [3.05, 3.63) is 39.9 Å². The summed E-state index contributed by atoms with van der Waals surface area (Å²) in [7, 11) is 1.39. The predicted molar refractivity (Wildman–Crippen MR) is 62.8 cm³/mol. The fourth-order valence-electron chi connectivity index (χ4n) is 2.29. The summed E-state index contributed by atoms with van der Waals surface area (Å²) in [6.07, 6.45) is -0.0345. The van der Waals surface area contributed by atoms with Crippen molar-refractivity contribution < 1.29 is 14.5 Å². The number of hydrogen-bond donors (Lipinski definition) is 0. The van der Waals surface area contributed by atoms with E-state index in [0.29, 0.717) is 0 Å². The number of nitrogens with zero attached hydrogens (tertiary/aromatic N) is 2. The van der Waals surface area contributed by atoms with Gasteiger partial charge in [-0.05, 0) is 6.92 Å². The zero-order valence-electron chi connectivity index (χ0n) is 10.0. The maximum atomic E-state index is 12.1. The lowest BCUT2D eigenvalue weighted by Crippen LogP contribution is -2.34. The molecule has 1 aromatic rings. The Morgan fingerprint density at radius 2 is 1.94 bits per heavy atom. The van der Waals surface area contributed by atoms with E-state index in [9.17, 15) is 19.7 Å². The van der Waals surface area contributed by atoms with Crippen LogP contribution >= 0.6 is 0 Å². The highest BCUT2D eigenvalue weighted by molar-refractivity contribution is 6.08. The first-order valence-electron chi connectivity index (χ1n) is 5.43. The molecular formula is C12H12N2O4. The van der Waals surface area contributed by atoms with Crippen LogP contribution in [0.4, 0.5) is 5.69 Å². The molecule has 0 spiro atoms. The van der Waals surface area contributed by atoms with Gasteiger partial charge in [-0.15, -0.1) is 0 Å². The van der Waals surface area contributed by atoms with Crippen LogP contribution in [0, 0.1) is 10.1 Å². The van der Waals surface area contributed by atoms with Gasteiger partial charge in [-0.25, -0.2) is 0 Å². The lowest BCUT2D eigenvalue weighted by atomic mass is 9.80. The summed E-state index contributed by atoms with van der Waals surface area (Å²) in [6, 6.07) is 6.04. The summed E-state index contributed by atoms with van der Waals surface area (Å²) < 4.78 is 0. The molecule has 1 saturated heterocycles. The smallest absolute Gasteiger partial charge is 0.273 e. The molecule has 1 unspecified atom stereocenters. The molecule has 2 rings (SSSR count). The highest BCUT2D eigenvalue weighted by atomic mass is 16.6. The summed E-state index contributed by atoms with van der Waals surface area (Å²) in [5, 5.41) is 11.0. The normalized spacial score (nSPS) is 23.6. The van der Waals surface area contributed by atoms with Gasteiger partial charge in [0.1, 0.15) is 0 Å². The summed E-state index contributed by atoms with van der Waals surface area (Å²) in [5.41, 5.74) is -0.982. The van der Waals surface area contributed by atoms with Crippen molar-refractivity contribution in [2.75, 3.05) is 7.05 Å². The fourth-order valence-corrected chi connectivity index (χ4v) is 2.29. The average Bonchev–Trinajstić information content (AvgIpc) is 2.54. The molecular weight excluding hydrogens is 236 g/mol. The minimum atomic E-state index is -1.14. The highest BCUT2D eigenvalue weighted by Crippen LogP contribution is 2.39. The molecule has 94 valence electrons. The third-order valence-electron chi connectivity index (χ3n) is 3.35. The first-order chi connectivity index (χ1) is 8.38. The number of likely N-dealkylation sites (tertiary alicyclic amines) is 1. The van der Waals surface area contributed by atoms with E-state index >= 15 is 0 Å². The fraction of sp³-hybridized carbons (Fsp3) is 0.333. The van der Waals surface area contributed by atoms with Crippen LogP contribution in [0.1, 0.15) is 18.9 Å². The molecule has 0 aliphatic carbocycles. The zero-order valence-corrected chi connectivity index (χ0v) is 10.0. The molecule has 2 amide bonds. The minimum absolute atomic E-state index is 0.0345. The minimum Gasteiger partial charge on any atom is -0.285 e. The number of nitro groups is 1. The van der Waals surface area contributed by atoms with E-state index in [-0.39, 0.29) is 23.6 Å². The largest absolute Gasteiger partial charge is 0.285 e. The van der Waals surface area contributed by atoms with Crippen molar-refractivity contribution in [3.63, 3.8) is 0 Å². The Labute approximate surface area is 103 Å². The molecule has 1 heterocycles. The van der Waals surface area contributed by atoms with E-state index in [0.717, 1.165) is 4.90 Å². The molecule has 1 atom stereocenters. The molecule has 1 aliphatic rings. The second kappa shape index (κ2) is 3.90. The van der Waals surface area contributed by atoms with E-state index in [4.69, 9.17) is 0 Å². The molecule has 1 aromatic carbocycles. The van der Waals surface area contributed by atoms with Crippen molar-refractivity contribution in [3.8, 4) is 0 Å². The van der Waals surface area contributed by atoms with E-state index in [2.05, 4.69) is 0 Å². The molecule has 1 fully saturated rings. The topological polar surface area (TPSA) is 80.5 Å². The lowest BCUT2D eigenvalue weighted by molar-refractivity contribution is -0.385. The number of para-hydroxylation sites is 1. The number of likely N-dealkylation sites (N-methyl/N-ethyl adjacent to an activating group) is 1. The molecule has 6 heteroatoms. The summed E-state index contributed by atoms with van der Waals surface area (Å²) in [6.45, 7) is 1.57. The number of hydrogen-bond acceptors (Lipinski definition) is 4. The molecule has 0 N–H and O–H groups in total. The Kier molecular flexibility index (Phi) is 2.65. The van der Waals surface area contributed by atoms with Crippen molar-refractivity contribution in [2.45, 2.75) is 18.8 Å². The van der Waals surface area contributed by atoms with Gasteiger partial charge in [0.2, 0.25) is 11.8 Å². The number of nitro benzene ring substituents is 1. The van der Waals surface area contributed by atoms with Crippen LogP contribution in [0.5, 0.6) is 0 Å². The Morgan fingerprint density at radius 3 is 2.44 bits per heavy atom. The van der Waals surface area contributed by atoms with Crippen LogP contribution in [-0.2, 0) is 15.0 Å². The average molecular weight is 248 g/mol. The highest BCUT2D eigenvalue weighted by Gasteiger charge is 2.50. The van der Waals surface area contributed by atoms with Crippen molar-refractivity contribution in [2.24, 2.45) is 0 Å². The first-order valence-corrected chi connectivity index (χ1v) is 5.43. The summed E-state index contributed by atoms with van der Waals surface area (Å²) in [4.78, 5) is 35.2. The molecule has 0 saturated carbocycles. The van der Waals surface area contributed by atoms with Gasteiger partial charge in [0.15, 0.2) is 0 Å². The number of rotatable bonds is 2. The van der Waals surface area contributed by atoms with Gasteiger partial charge < -0.3 is 0 Å². The van der Waals surface area contributed by atoms with Crippen LogP contribution in [0.25, 0.3) is 0 Å². The zero-order chi connectivity index (χ0) is 13.5. The van der Waals surface area contributed by atoms with Gasteiger partial charge in [-0.1, -0.05) is 18.2 Å². The van der Waals surface area contributed by atoms with Gasteiger partial charge in [0.25, 0.3) is 5.69 Å². The van der Waals surface area contributed by atoms with Gasteiger partial charge >= 0.3 is 0 Å². The third kappa shape index (κ3) is 1.57. The van der Waals surface area contributed by atoms with Crippen LogP contribution in [0.15, 0.2) is 24.3 Å². The standard InChI is InChI=1S/C12H12N2O4/c1-12(7-10(15)13(2)11(12)16)8-5-3-4-6-9(8)14(17)18/h3-6H,7H2,1-2H3. The number of carbonyl (C=O) groups excluding carboxylic acids is 2. The maximum absolute atomic E-state index is 12.1. The molecule has 0 aromatic heterocycles. The van der Waals surface area contributed by atoms with Gasteiger partial charge in [-0.3, -0.25) is 24.6 Å². The Hall–Kier alpha value is -2.24. The van der Waals surface area contributed by atoms with Crippen molar-refractivity contribution in [1.82, 2.24) is 4.90 Å². The third-order valence-corrected chi connectivity index (χ3v) is 3.35. The molecule has 0 radical (unpaired) electrons. The van der Waals surface area contributed by atoms with Crippen molar-refractivity contribution >= 4 is 17.5 Å². The van der Waals surface area contributed by atoms with E-state index in [1.54, 1.807) is 13.0 Å². The second-order valence-corrected chi connectivity index (χ2v) is 4.54. The number of carbonyl (C=O) groups is 2. The number of imide groups is 1. The monoisotopic (exact) mass is 248 g/mol. The summed E-state index contributed by atoms with van der Waals surface area (Å²) in [5.74, 6) is -0.720. The quantitative estimate of drug-likeness (QED) is 0.448. The predicted octanol–water partition coefficient (Wildman–Crippen LogP) is 1.24. The van der Waals surface area contributed by atoms with Crippen LogP contribution in [0.3, 0.4) is 0 Å². The number of amides is 2. The summed E-state index contributed by atoms with van der Waals surface area (Å²) >= 11 is 0. The molecule has 18 heavy (non-hydrogen) atoms. The van der Waals surface area contributed by atoms with E-state index in [1.165, 1.54) is 25.2 Å². The SMILES string of the molecule is CN1C(=O)CC(C)(c2ccccc2[N+](=O)[O-])C1=O. The van der Waals surface area contributed by atoms with Gasteiger partial charge in [-0.2, -0.15) is 0 Å². The van der Waals surface area contributed by atoms with Gasteiger partial charge in [0.05, 0.1) is 10.3 Å². The van der Waals surface area contributed by atoms with Crippen LogP contribution in [0.2, 0.25) is 0 Å². The van der Waals surface area contributed by atoms with E-state index < -0.39 is 16.2 Å². The Bertz CT molecular complexity index is 555. The number of benzene rings is 1. The molecule has 1 aliphatic heterocycles. The Balaban J connectivity index is 2.59. The maximum Gasteiger partial charge on any atom is 0.273 e. The van der Waals surface area contributed by atoms with Crippen LogP contribution in [-0.4, -0.2) is 28.7 Å². The van der Waals surface area contributed by atoms with E-state index in [1.807, 2.05) is 0 Å². The molecule has 6 nitrogen and oxygen atoms in total. The first kappa shape index (κ1) is 12.2.